The molecule has 1 aromatic rings. The lowest BCUT2D eigenvalue weighted by Gasteiger charge is -2.05. The number of benzene rings is 1. The zero-order valence-corrected chi connectivity index (χ0v) is 8.77. The predicted octanol–water partition coefficient (Wildman–Crippen LogP) is 0.689. The summed E-state index contributed by atoms with van der Waals surface area (Å²) >= 11 is 0. The van der Waals surface area contributed by atoms with E-state index >= 15 is 0 Å². The molecule has 0 aliphatic carbocycles. The largest absolute Gasteiger partial charge is 0.481 e. The van der Waals surface area contributed by atoms with Crippen LogP contribution in [0.2, 0.25) is 0 Å². The van der Waals surface area contributed by atoms with Crippen molar-refractivity contribution in [2.24, 2.45) is 0 Å². The number of nitrogens with one attached hydrogen (secondary N) is 2. The second-order valence-corrected chi connectivity index (χ2v) is 3.23. The highest BCUT2D eigenvalue weighted by Gasteiger charge is 2.01. The van der Waals surface area contributed by atoms with Crippen LogP contribution in [0.3, 0.4) is 0 Å². The van der Waals surface area contributed by atoms with Crippen LogP contribution in [0.15, 0.2) is 30.3 Å². The molecule has 3 N–H and O–H groups in total. The number of anilines is 1. The molecule has 0 aliphatic rings. The molecular formula is C11H14N2O3. The summed E-state index contributed by atoms with van der Waals surface area (Å²) in [5.74, 6) is -1.06. The van der Waals surface area contributed by atoms with Gasteiger partial charge in [-0.1, -0.05) is 18.2 Å². The number of carboxylic acid groups (broad SMARTS) is 1. The highest BCUT2D eigenvalue weighted by Crippen LogP contribution is 2.03. The fourth-order valence-electron chi connectivity index (χ4n) is 1.12. The fourth-order valence-corrected chi connectivity index (χ4v) is 1.12. The Morgan fingerprint density at radius 2 is 1.88 bits per heavy atom. The molecule has 86 valence electrons. The first-order valence-corrected chi connectivity index (χ1v) is 4.96. The maximum atomic E-state index is 11.3. The summed E-state index contributed by atoms with van der Waals surface area (Å²) in [6.07, 6.45) is 0.0125. The van der Waals surface area contributed by atoms with Gasteiger partial charge in [0.15, 0.2) is 0 Å². The Morgan fingerprint density at radius 1 is 1.19 bits per heavy atom. The van der Waals surface area contributed by atoms with Crippen molar-refractivity contribution < 1.29 is 14.7 Å². The Bertz CT molecular complexity index is 352. The second kappa shape index (κ2) is 6.58. The normalized spacial score (nSPS) is 9.75. The first kappa shape index (κ1) is 12.2. The summed E-state index contributed by atoms with van der Waals surface area (Å²) in [6, 6.07) is 9.09. The smallest absolute Gasteiger partial charge is 0.304 e. The number of hydrogen-bond donors (Lipinski definition) is 3. The number of carboxylic acids is 1. The summed E-state index contributed by atoms with van der Waals surface area (Å²) in [5, 5.41) is 13.8. The van der Waals surface area contributed by atoms with E-state index in [0.29, 0.717) is 0 Å². The second-order valence-electron chi connectivity index (χ2n) is 3.23. The maximum absolute atomic E-state index is 11.3. The molecule has 0 bridgehead atoms. The van der Waals surface area contributed by atoms with Gasteiger partial charge in [-0.15, -0.1) is 0 Å². The van der Waals surface area contributed by atoms with E-state index in [0.717, 1.165) is 5.69 Å². The third kappa shape index (κ3) is 5.11. The van der Waals surface area contributed by atoms with Gasteiger partial charge in [-0.05, 0) is 12.1 Å². The molecule has 0 fully saturated rings. The molecule has 0 aromatic heterocycles. The summed E-state index contributed by atoms with van der Waals surface area (Å²) in [5.41, 5.74) is 0.729. The molecule has 5 heteroatoms. The lowest BCUT2D eigenvalue weighted by Crippen LogP contribution is -2.29. The molecule has 1 amide bonds. The van der Waals surface area contributed by atoms with Crippen molar-refractivity contribution in [3.05, 3.63) is 30.3 Å². The summed E-state index contributed by atoms with van der Waals surface area (Å²) in [4.78, 5) is 21.5. The van der Waals surface area contributed by atoms with Gasteiger partial charge in [0.25, 0.3) is 0 Å². The monoisotopic (exact) mass is 222 g/mol. The Labute approximate surface area is 93.5 Å². The number of rotatable bonds is 6. The van der Waals surface area contributed by atoms with E-state index in [-0.39, 0.29) is 25.4 Å². The fraction of sp³-hybridized carbons (Fsp3) is 0.273. The Morgan fingerprint density at radius 3 is 2.50 bits per heavy atom. The highest BCUT2D eigenvalue weighted by atomic mass is 16.4. The van der Waals surface area contributed by atoms with E-state index in [1.807, 2.05) is 18.2 Å². The van der Waals surface area contributed by atoms with Crippen LogP contribution in [-0.2, 0) is 9.59 Å². The van der Waals surface area contributed by atoms with Crippen molar-refractivity contribution in [3.8, 4) is 0 Å². The average molecular weight is 222 g/mol. The Hall–Kier alpha value is -1.88. The zero-order chi connectivity index (χ0) is 11.8. The SMILES string of the molecule is O=C(O)CCNCC(=O)Nc1ccccc1. The van der Waals surface area contributed by atoms with Crippen molar-refractivity contribution in [1.82, 2.24) is 5.32 Å². The lowest BCUT2D eigenvalue weighted by atomic mass is 10.3. The molecule has 0 unspecified atom stereocenters. The van der Waals surface area contributed by atoms with E-state index in [1.54, 1.807) is 12.1 Å². The minimum Gasteiger partial charge on any atom is -0.481 e. The molecule has 0 saturated heterocycles. The summed E-state index contributed by atoms with van der Waals surface area (Å²) < 4.78 is 0. The predicted molar refractivity (Wildman–Crippen MR) is 60.2 cm³/mol. The van der Waals surface area contributed by atoms with Crippen molar-refractivity contribution >= 4 is 17.6 Å². The van der Waals surface area contributed by atoms with Crippen molar-refractivity contribution in [3.63, 3.8) is 0 Å². The first-order valence-electron chi connectivity index (χ1n) is 4.96. The van der Waals surface area contributed by atoms with Gasteiger partial charge in [0.1, 0.15) is 0 Å². The van der Waals surface area contributed by atoms with Crippen LogP contribution in [0.5, 0.6) is 0 Å². The molecule has 1 aromatic carbocycles. The van der Waals surface area contributed by atoms with Crippen molar-refractivity contribution in [2.75, 3.05) is 18.4 Å². The van der Waals surface area contributed by atoms with Crippen LogP contribution in [0.1, 0.15) is 6.42 Å². The maximum Gasteiger partial charge on any atom is 0.304 e. The van der Waals surface area contributed by atoms with Gasteiger partial charge >= 0.3 is 5.97 Å². The number of hydrogen-bond acceptors (Lipinski definition) is 3. The van der Waals surface area contributed by atoms with Gasteiger partial charge in [-0.2, -0.15) is 0 Å². The molecule has 0 spiro atoms. The van der Waals surface area contributed by atoms with E-state index in [4.69, 9.17) is 5.11 Å². The van der Waals surface area contributed by atoms with Crippen LogP contribution < -0.4 is 10.6 Å². The number of amides is 1. The summed E-state index contributed by atoms with van der Waals surface area (Å²) in [6.45, 7) is 0.402. The van der Waals surface area contributed by atoms with Gasteiger partial charge < -0.3 is 15.7 Å². The molecule has 16 heavy (non-hydrogen) atoms. The van der Waals surface area contributed by atoms with Gasteiger partial charge in [-0.25, -0.2) is 0 Å². The standard InChI is InChI=1S/C11H14N2O3/c14-10(8-12-7-6-11(15)16)13-9-4-2-1-3-5-9/h1-5,12H,6-8H2,(H,13,14)(H,15,16). The zero-order valence-electron chi connectivity index (χ0n) is 8.77. The molecule has 5 nitrogen and oxygen atoms in total. The molecule has 1 rings (SSSR count). The first-order chi connectivity index (χ1) is 7.68. The Balaban J connectivity index is 2.19. The quantitative estimate of drug-likeness (QED) is 0.619. The van der Waals surface area contributed by atoms with E-state index in [9.17, 15) is 9.59 Å². The van der Waals surface area contributed by atoms with Crippen LogP contribution in [0.4, 0.5) is 5.69 Å². The lowest BCUT2D eigenvalue weighted by molar-refractivity contribution is -0.137. The van der Waals surface area contributed by atoms with Gasteiger partial charge in [0.05, 0.1) is 13.0 Å². The Kier molecular flexibility index (Phi) is 5.01. The van der Waals surface area contributed by atoms with Crippen molar-refractivity contribution in [1.29, 1.82) is 0 Å². The third-order valence-electron chi connectivity index (χ3n) is 1.86. The summed E-state index contributed by atoms with van der Waals surface area (Å²) in [7, 11) is 0. The highest BCUT2D eigenvalue weighted by molar-refractivity contribution is 5.92. The number of para-hydroxylation sites is 1. The van der Waals surface area contributed by atoms with E-state index < -0.39 is 5.97 Å². The minimum atomic E-state index is -0.879. The van der Waals surface area contributed by atoms with Gasteiger partial charge in [0.2, 0.25) is 5.91 Å². The molecule has 0 heterocycles. The molecule has 0 aliphatic heterocycles. The van der Waals surface area contributed by atoms with E-state index in [2.05, 4.69) is 10.6 Å². The third-order valence-corrected chi connectivity index (χ3v) is 1.86. The van der Waals surface area contributed by atoms with Crippen LogP contribution in [0.25, 0.3) is 0 Å². The topological polar surface area (TPSA) is 78.4 Å². The van der Waals surface area contributed by atoms with Crippen LogP contribution in [-0.4, -0.2) is 30.1 Å². The molecule has 0 saturated carbocycles. The minimum absolute atomic E-state index is 0.0125. The van der Waals surface area contributed by atoms with Gasteiger partial charge in [-0.3, -0.25) is 9.59 Å². The van der Waals surface area contributed by atoms with Crippen LogP contribution in [0, 0.1) is 0 Å². The van der Waals surface area contributed by atoms with Crippen LogP contribution >= 0.6 is 0 Å². The van der Waals surface area contributed by atoms with Gasteiger partial charge in [0, 0.05) is 12.2 Å². The molecular weight excluding hydrogens is 208 g/mol. The van der Waals surface area contributed by atoms with E-state index in [1.165, 1.54) is 0 Å². The number of carbonyl (C=O) groups is 2. The number of aliphatic carboxylic acids is 1. The van der Waals surface area contributed by atoms with Crippen molar-refractivity contribution in [2.45, 2.75) is 6.42 Å². The number of carbonyl (C=O) groups excluding carboxylic acids is 1. The molecule has 0 radical (unpaired) electrons. The average Bonchev–Trinajstić information content (AvgIpc) is 2.25. The molecule has 0 atom stereocenters.